The van der Waals surface area contributed by atoms with Gasteiger partial charge in [0, 0.05) is 43.7 Å². The Morgan fingerprint density at radius 2 is 1.76 bits per heavy atom. The Hall–Kier alpha value is -2.92. The number of ether oxygens (including phenoxy) is 1. The lowest BCUT2D eigenvalue weighted by Crippen LogP contribution is -2.53. The fourth-order valence-corrected chi connectivity index (χ4v) is 8.42. The van der Waals surface area contributed by atoms with Crippen LogP contribution in [0, 0.1) is 5.92 Å². The SMILES string of the molecule is CCc1cc(C(=O)N[C@H]2C[C@H]3CC[C@@H](C2)N3S(=O)(=O)CC2CCN(C(=O)OCc3ccccc3)CC2)no1. The van der Waals surface area contributed by atoms with Crippen molar-refractivity contribution >= 4 is 22.0 Å². The van der Waals surface area contributed by atoms with Crippen molar-refractivity contribution in [2.45, 2.75) is 76.6 Å². The zero-order chi connectivity index (χ0) is 26.7. The molecular weight excluding hydrogens is 508 g/mol. The Morgan fingerprint density at radius 1 is 1.08 bits per heavy atom. The molecule has 5 rings (SSSR count). The summed E-state index contributed by atoms with van der Waals surface area (Å²) in [6.07, 6.45) is 4.42. The van der Waals surface area contributed by atoms with Crippen LogP contribution in [-0.2, 0) is 27.8 Å². The molecule has 3 atom stereocenters. The highest BCUT2D eigenvalue weighted by Crippen LogP contribution is 2.39. The molecule has 38 heavy (non-hydrogen) atoms. The number of piperidine rings is 2. The number of fused-ring (bicyclic) bond motifs is 2. The molecule has 11 heteroatoms. The van der Waals surface area contributed by atoms with E-state index in [0.717, 1.165) is 18.4 Å². The number of hydrogen-bond donors (Lipinski definition) is 1. The summed E-state index contributed by atoms with van der Waals surface area (Å²) in [5, 5.41) is 6.87. The monoisotopic (exact) mass is 544 g/mol. The molecule has 10 nitrogen and oxygen atoms in total. The molecule has 206 valence electrons. The lowest BCUT2D eigenvalue weighted by molar-refractivity contribution is 0.0838. The molecule has 0 saturated carbocycles. The first-order chi connectivity index (χ1) is 18.3. The number of nitrogens with zero attached hydrogens (tertiary/aromatic N) is 3. The van der Waals surface area contributed by atoms with Gasteiger partial charge in [0.15, 0.2) is 5.69 Å². The molecule has 2 bridgehead atoms. The quantitative estimate of drug-likeness (QED) is 0.541. The first kappa shape index (κ1) is 26.7. The number of sulfonamides is 1. The van der Waals surface area contributed by atoms with Gasteiger partial charge >= 0.3 is 6.09 Å². The molecule has 2 aromatic rings. The van der Waals surface area contributed by atoms with E-state index in [0.29, 0.717) is 51.0 Å². The second kappa shape index (κ2) is 11.4. The van der Waals surface area contributed by atoms with E-state index in [2.05, 4.69) is 10.5 Å². The van der Waals surface area contributed by atoms with Crippen LogP contribution >= 0.6 is 0 Å². The van der Waals surface area contributed by atoms with Crippen molar-refractivity contribution in [1.82, 2.24) is 19.7 Å². The summed E-state index contributed by atoms with van der Waals surface area (Å²) < 4.78 is 39.3. The molecule has 2 amide bonds. The number of likely N-dealkylation sites (tertiary alicyclic amines) is 1. The minimum absolute atomic E-state index is 0.00919. The molecule has 1 aromatic carbocycles. The van der Waals surface area contributed by atoms with Crippen LogP contribution in [0.1, 0.15) is 67.3 Å². The fraction of sp³-hybridized carbons (Fsp3) is 0.593. The van der Waals surface area contributed by atoms with E-state index in [1.807, 2.05) is 37.3 Å². The first-order valence-corrected chi connectivity index (χ1v) is 15.2. The lowest BCUT2D eigenvalue weighted by Gasteiger charge is -2.39. The number of amides is 2. The topological polar surface area (TPSA) is 122 Å². The van der Waals surface area contributed by atoms with Gasteiger partial charge in [0.2, 0.25) is 10.0 Å². The third-order valence-electron chi connectivity index (χ3n) is 7.99. The molecular formula is C27H36N4O6S. The molecule has 0 spiro atoms. The molecule has 3 fully saturated rings. The van der Waals surface area contributed by atoms with E-state index >= 15 is 0 Å². The van der Waals surface area contributed by atoms with Crippen molar-refractivity contribution in [1.29, 1.82) is 0 Å². The molecule has 0 radical (unpaired) electrons. The summed E-state index contributed by atoms with van der Waals surface area (Å²) in [6, 6.07) is 10.9. The number of aryl methyl sites for hydroxylation is 1. The Bertz CT molecular complexity index is 1210. The minimum atomic E-state index is -3.45. The average Bonchev–Trinajstić information content (AvgIpc) is 3.51. The van der Waals surface area contributed by atoms with E-state index in [4.69, 9.17) is 9.26 Å². The standard InChI is InChI=1S/C27H36N4O6S/c1-2-24-16-25(29-37-24)26(32)28-21-14-22-8-9-23(15-21)31(22)38(34,35)18-20-10-12-30(13-11-20)27(33)36-17-19-6-4-3-5-7-19/h3-7,16,20-23H,2,8-15,17-18H2,1H3,(H,28,32)/t21-,22+,23-. The van der Waals surface area contributed by atoms with Gasteiger partial charge in [-0.25, -0.2) is 13.2 Å². The normalized spacial score (nSPS) is 24.3. The second-order valence-corrected chi connectivity index (χ2v) is 12.6. The number of rotatable bonds is 8. The summed E-state index contributed by atoms with van der Waals surface area (Å²) in [5.74, 6) is 0.493. The molecule has 3 saturated heterocycles. The van der Waals surface area contributed by atoms with E-state index in [-0.39, 0.29) is 54.1 Å². The molecule has 0 unspecified atom stereocenters. The highest BCUT2D eigenvalue weighted by atomic mass is 32.2. The number of benzene rings is 1. The molecule has 1 N–H and O–H groups in total. The van der Waals surface area contributed by atoms with Crippen LogP contribution in [0.5, 0.6) is 0 Å². The molecule has 3 aliphatic rings. The van der Waals surface area contributed by atoms with Crippen molar-refractivity contribution in [2.75, 3.05) is 18.8 Å². The number of hydrogen-bond acceptors (Lipinski definition) is 7. The summed E-state index contributed by atoms with van der Waals surface area (Å²) in [6.45, 7) is 3.15. The molecule has 1 aromatic heterocycles. The van der Waals surface area contributed by atoms with Crippen LogP contribution in [0.2, 0.25) is 0 Å². The van der Waals surface area contributed by atoms with Gasteiger partial charge in [-0.1, -0.05) is 42.4 Å². The van der Waals surface area contributed by atoms with Crippen LogP contribution in [-0.4, -0.2) is 71.7 Å². The molecule has 4 heterocycles. The van der Waals surface area contributed by atoms with E-state index in [1.165, 1.54) is 0 Å². The summed E-state index contributed by atoms with van der Waals surface area (Å²) in [4.78, 5) is 26.7. The van der Waals surface area contributed by atoms with Crippen molar-refractivity contribution in [3.05, 3.63) is 53.4 Å². The maximum absolute atomic E-state index is 13.5. The Balaban J connectivity index is 1.10. The fourth-order valence-electron chi connectivity index (χ4n) is 6.03. The summed E-state index contributed by atoms with van der Waals surface area (Å²) in [7, 11) is -3.45. The summed E-state index contributed by atoms with van der Waals surface area (Å²) in [5.41, 5.74) is 1.20. The highest BCUT2D eigenvalue weighted by molar-refractivity contribution is 7.89. The van der Waals surface area contributed by atoms with Gasteiger partial charge in [-0.3, -0.25) is 4.79 Å². The zero-order valence-corrected chi connectivity index (χ0v) is 22.6. The van der Waals surface area contributed by atoms with Crippen molar-refractivity contribution in [2.24, 2.45) is 5.92 Å². The predicted molar refractivity (Wildman–Crippen MR) is 140 cm³/mol. The zero-order valence-electron chi connectivity index (χ0n) is 21.8. The summed E-state index contributed by atoms with van der Waals surface area (Å²) >= 11 is 0. The van der Waals surface area contributed by atoms with Gasteiger partial charge in [0.05, 0.1) is 5.75 Å². The highest BCUT2D eigenvalue weighted by Gasteiger charge is 2.47. The average molecular weight is 545 g/mol. The molecule has 3 aliphatic heterocycles. The number of nitrogens with one attached hydrogen (secondary N) is 1. The van der Waals surface area contributed by atoms with Crippen molar-refractivity contribution in [3.8, 4) is 0 Å². The van der Waals surface area contributed by atoms with Crippen LogP contribution in [0.4, 0.5) is 4.79 Å². The Kier molecular flexibility index (Phi) is 8.04. The van der Waals surface area contributed by atoms with Gasteiger partial charge in [0.1, 0.15) is 12.4 Å². The lowest BCUT2D eigenvalue weighted by atomic mass is 9.99. The largest absolute Gasteiger partial charge is 0.445 e. The molecule has 0 aliphatic carbocycles. The maximum Gasteiger partial charge on any atom is 0.410 e. The van der Waals surface area contributed by atoms with E-state index in [1.54, 1.807) is 15.3 Å². The van der Waals surface area contributed by atoms with E-state index in [9.17, 15) is 18.0 Å². The van der Waals surface area contributed by atoms with E-state index < -0.39 is 10.0 Å². The third kappa shape index (κ3) is 6.04. The van der Waals surface area contributed by atoms with Crippen molar-refractivity contribution in [3.63, 3.8) is 0 Å². The number of carbonyl (C=O) groups excluding carboxylic acids is 2. The number of carbonyl (C=O) groups is 2. The van der Waals surface area contributed by atoms with Gasteiger partial charge in [0.25, 0.3) is 5.91 Å². The van der Waals surface area contributed by atoms with Gasteiger partial charge in [-0.05, 0) is 50.0 Å². The van der Waals surface area contributed by atoms with Crippen LogP contribution < -0.4 is 5.32 Å². The number of aromatic nitrogens is 1. The maximum atomic E-state index is 13.5. The Morgan fingerprint density at radius 3 is 2.39 bits per heavy atom. The van der Waals surface area contributed by atoms with Gasteiger partial charge in [-0.2, -0.15) is 4.31 Å². The van der Waals surface area contributed by atoms with Crippen molar-refractivity contribution < 1.29 is 27.3 Å². The van der Waals surface area contributed by atoms with Gasteiger partial charge in [-0.15, -0.1) is 0 Å². The van der Waals surface area contributed by atoms with Crippen LogP contribution in [0.25, 0.3) is 0 Å². The van der Waals surface area contributed by atoms with Crippen LogP contribution in [0.15, 0.2) is 40.9 Å². The third-order valence-corrected chi connectivity index (χ3v) is 10.1. The second-order valence-electron chi connectivity index (χ2n) is 10.6. The first-order valence-electron chi connectivity index (χ1n) is 13.6. The van der Waals surface area contributed by atoms with Crippen LogP contribution in [0.3, 0.4) is 0 Å². The predicted octanol–water partition coefficient (Wildman–Crippen LogP) is 3.34. The smallest absolute Gasteiger partial charge is 0.410 e. The Labute approximate surface area is 223 Å². The van der Waals surface area contributed by atoms with Gasteiger partial charge < -0.3 is 19.5 Å². The minimum Gasteiger partial charge on any atom is -0.445 e.